The Morgan fingerprint density at radius 3 is 2.39 bits per heavy atom. The van der Waals surface area contributed by atoms with Crippen LogP contribution in [0.4, 0.5) is 0 Å². The molecule has 1 saturated heterocycles. The Labute approximate surface area is 113 Å². The molecule has 3 nitrogen and oxygen atoms in total. The lowest BCUT2D eigenvalue weighted by atomic mass is 10.2. The molecule has 4 heteroatoms. The average Bonchev–Trinajstić information content (AvgIpc) is 2.29. The minimum absolute atomic E-state index is 0.0986. The van der Waals surface area contributed by atoms with Gasteiger partial charge in [0.15, 0.2) is 5.96 Å². The van der Waals surface area contributed by atoms with Crippen molar-refractivity contribution >= 4 is 14.0 Å². The van der Waals surface area contributed by atoms with Gasteiger partial charge in [0, 0.05) is 19.6 Å². The molecule has 2 rings (SSSR count). The van der Waals surface area contributed by atoms with Crippen LogP contribution in [-0.2, 0) is 0 Å². The maximum absolute atomic E-state index is 4.96. The summed E-state index contributed by atoms with van der Waals surface area (Å²) in [6.45, 7) is 15.4. The Balaban J connectivity index is 2.24. The van der Waals surface area contributed by atoms with Crippen LogP contribution < -0.4 is 0 Å². The molecule has 0 saturated carbocycles. The maximum Gasteiger partial charge on any atom is 0.200 e. The summed E-state index contributed by atoms with van der Waals surface area (Å²) in [5.41, 5.74) is 1.50. The molecule has 2 aliphatic heterocycles. The van der Waals surface area contributed by atoms with E-state index in [1.807, 2.05) is 0 Å². The lowest BCUT2D eigenvalue weighted by Crippen LogP contribution is -2.52. The predicted molar refractivity (Wildman–Crippen MR) is 81.6 cm³/mol. The number of aliphatic imine (C=N–C) groups is 1. The van der Waals surface area contributed by atoms with Crippen molar-refractivity contribution < 1.29 is 0 Å². The molecule has 0 aromatic carbocycles. The lowest BCUT2D eigenvalue weighted by molar-refractivity contribution is 0.289. The molecule has 1 fully saturated rings. The Kier molecular flexibility index (Phi) is 4.53. The third-order valence-electron chi connectivity index (χ3n) is 3.80. The average molecular weight is 269 g/mol. The van der Waals surface area contributed by atoms with Crippen molar-refractivity contribution in [3.63, 3.8) is 0 Å². The first kappa shape index (κ1) is 14.1. The zero-order valence-corrected chi connectivity index (χ0v) is 13.5. The molecule has 0 radical (unpaired) electrons. The molecule has 0 spiro atoms. The molecule has 0 N–H and O–H groups in total. The van der Waals surface area contributed by atoms with Gasteiger partial charge in [0.1, 0.15) is 0 Å². The van der Waals surface area contributed by atoms with Crippen molar-refractivity contribution in [2.45, 2.75) is 64.8 Å². The number of guanidine groups is 1. The SMILES string of the molecule is CC1CCN2CCCN(P(C(C)C)C(C)C)C2=N1. The van der Waals surface area contributed by atoms with Crippen LogP contribution in [0.15, 0.2) is 4.99 Å². The highest BCUT2D eigenvalue weighted by Gasteiger charge is 2.34. The van der Waals surface area contributed by atoms with Crippen molar-refractivity contribution in [1.29, 1.82) is 0 Å². The molecule has 0 amide bonds. The first-order chi connectivity index (χ1) is 8.50. The summed E-state index contributed by atoms with van der Waals surface area (Å²) >= 11 is 0. The second-order valence-electron chi connectivity index (χ2n) is 6.10. The third-order valence-corrected chi connectivity index (χ3v) is 6.85. The Hall–Kier alpha value is -0.300. The summed E-state index contributed by atoms with van der Waals surface area (Å²) in [6.07, 6.45) is 2.52. The van der Waals surface area contributed by atoms with Crippen LogP contribution in [0.3, 0.4) is 0 Å². The molecular formula is C14H28N3P. The third kappa shape index (κ3) is 2.82. The largest absolute Gasteiger partial charge is 0.342 e. The number of fused-ring (bicyclic) bond motifs is 1. The summed E-state index contributed by atoms with van der Waals surface area (Å²) < 4.78 is 2.66. The highest BCUT2D eigenvalue weighted by molar-refractivity contribution is 7.57. The molecule has 18 heavy (non-hydrogen) atoms. The van der Waals surface area contributed by atoms with Crippen LogP contribution in [0.2, 0.25) is 0 Å². The molecule has 104 valence electrons. The topological polar surface area (TPSA) is 18.8 Å². The van der Waals surface area contributed by atoms with Crippen LogP contribution in [0.5, 0.6) is 0 Å². The molecule has 0 aliphatic carbocycles. The van der Waals surface area contributed by atoms with E-state index in [1.54, 1.807) is 0 Å². The van der Waals surface area contributed by atoms with E-state index in [1.165, 1.54) is 38.4 Å². The summed E-state index contributed by atoms with van der Waals surface area (Å²) in [5.74, 6) is 1.31. The van der Waals surface area contributed by atoms with Crippen LogP contribution in [0.25, 0.3) is 0 Å². The summed E-state index contributed by atoms with van der Waals surface area (Å²) in [6, 6.07) is 0.507. The number of rotatable bonds is 3. The monoisotopic (exact) mass is 269 g/mol. The van der Waals surface area contributed by atoms with Crippen molar-refractivity contribution in [3.05, 3.63) is 0 Å². The zero-order valence-electron chi connectivity index (χ0n) is 12.6. The Morgan fingerprint density at radius 1 is 1.11 bits per heavy atom. The van der Waals surface area contributed by atoms with Crippen molar-refractivity contribution in [2.24, 2.45) is 4.99 Å². The van der Waals surface area contributed by atoms with Gasteiger partial charge in [0.05, 0.1) is 6.04 Å². The quantitative estimate of drug-likeness (QED) is 0.732. The van der Waals surface area contributed by atoms with Crippen LogP contribution in [-0.4, -0.2) is 52.5 Å². The van der Waals surface area contributed by atoms with E-state index in [-0.39, 0.29) is 8.07 Å². The van der Waals surface area contributed by atoms with Gasteiger partial charge in [0.25, 0.3) is 0 Å². The van der Waals surface area contributed by atoms with Gasteiger partial charge in [-0.3, -0.25) is 0 Å². The fraction of sp³-hybridized carbons (Fsp3) is 0.929. The molecule has 1 atom stereocenters. The molecule has 0 bridgehead atoms. The highest BCUT2D eigenvalue weighted by Crippen LogP contribution is 2.51. The zero-order chi connectivity index (χ0) is 13.3. The second-order valence-corrected chi connectivity index (χ2v) is 9.41. The van der Waals surface area contributed by atoms with E-state index in [0.717, 1.165) is 11.3 Å². The minimum Gasteiger partial charge on any atom is -0.342 e. The van der Waals surface area contributed by atoms with E-state index in [9.17, 15) is 0 Å². The predicted octanol–water partition coefficient (Wildman–Crippen LogP) is 3.36. The van der Waals surface area contributed by atoms with E-state index >= 15 is 0 Å². The van der Waals surface area contributed by atoms with Crippen LogP contribution >= 0.6 is 8.07 Å². The summed E-state index contributed by atoms with van der Waals surface area (Å²) in [4.78, 5) is 7.47. The van der Waals surface area contributed by atoms with E-state index in [2.05, 4.69) is 44.2 Å². The van der Waals surface area contributed by atoms with Crippen LogP contribution in [0.1, 0.15) is 47.5 Å². The highest BCUT2D eigenvalue weighted by atomic mass is 31.1. The molecule has 0 aromatic rings. The summed E-state index contributed by atoms with van der Waals surface area (Å²) in [5, 5.41) is 0. The first-order valence-electron chi connectivity index (χ1n) is 7.39. The van der Waals surface area contributed by atoms with E-state index < -0.39 is 0 Å². The van der Waals surface area contributed by atoms with Gasteiger partial charge in [-0.1, -0.05) is 27.7 Å². The minimum atomic E-state index is -0.0986. The standard InChI is InChI=1S/C14H28N3P/c1-11(2)18(12(3)4)17-9-6-8-16-10-7-13(5)15-14(16)17/h11-13H,6-10H2,1-5H3. The molecule has 1 unspecified atom stereocenters. The van der Waals surface area contributed by atoms with Gasteiger partial charge in [-0.15, -0.1) is 0 Å². The fourth-order valence-corrected chi connectivity index (χ4v) is 6.18. The second kappa shape index (κ2) is 5.77. The van der Waals surface area contributed by atoms with Gasteiger partial charge in [-0.2, -0.15) is 0 Å². The number of hydrogen-bond donors (Lipinski definition) is 0. The number of nitrogens with zero attached hydrogens (tertiary/aromatic N) is 3. The lowest BCUT2D eigenvalue weighted by Gasteiger charge is -2.48. The fourth-order valence-electron chi connectivity index (χ4n) is 3.11. The van der Waals surface area contributed by atoms with Crippen LogP contribution in [0, 0.1) is 0 Å². The van der Waals surface area contributed by atoms with E-state index in [0.29, 0.717) is 6.04 Å². The van der Waals surface area contributed by atoms with Crippen molar-refractivity contribution in [3.8, 4) is 0 Å². The van der Waals surface area contributed by atoms with Gasteiger partial charge in [-0.25, -0.2) is 4.99 Å². The summed E-state index contributed by atoms with van der Waals surface area (Å²) in [7, 11) is -0.0986. The molecular weight excluding hydrogens is 241 g/mol. The maximum atomic E-state index is 4.96. The van der Waals surface area contributed by atoms with Gasteiger partial charge in [-0.05, 0) is 39.2 Å². The van der Waals surface area contributed by atoms with Gasteiger partial charge >= 0.3 is 0 Å². The van der Waals surface area contributed by atoms with Gasteiger partial charge < -0.3 is 9.57 Å². The normalized spacial score (nSPS) is 24.9. The van der Waals surface area contributed by atoms with E-state index in [4.69, 9.17) is 4.99 Å². The number of hydrogen-bond acceptors (Lipinski definition) is 3. The smallest absolute Gasteiger partial charge is 0.200 e. The van der Waals surface area contributed by atoms with Crippen molar-refractivity contribution in [1.82, 2.24) is 9.57 Å². The molecule has 2 heterocycles. The first-order valence-corrected chi connectivity index (χ1v) is 8.82. The van der Waals surface area contributed by atoms with Crippen molar-refractivity contribution in [2.75, 3.05) is 19.6 Å². The van der Waals surface area contributed by atoms with Gasteiger partial charge in [0.2, 0.25) is 0 Å². The Morgan fingerprint density at radius 2 is 1.78 bits per heavy atom. The molecule has 2 aliphatic rings. The molecule has 0 aromatic heterocycles. The Bertz CT molecular complexity index is 306.